The molecule has 1 amide bonds. The molecule has 1 saturated heterocycles. The molecule has 0 aliphatic carbocycles. The first-order valence-corrected chi connectivity index (χ1v) is 12.7. The van der Waals surface area contributed by atoms with E-state index in [0.29, 0.717) is 13.1 Å². The van der Waals surface area contributed by atoms with Crippen LogP contribution in [0.1, 0.15) is 50.6 Å². The highest BCUT2D eigenvalue weighted by Gasteiger charge is 2.24. The second-order valence-corrected chi connectivity index (χ2v) is 10.7. The first-order valence-electron chi connectivity index (χ1n) is 12.7. The number of carbonyl (C=O) groups is 1. The minimum absolute atomic E-state index is 0.00176. The van der Waals surface area contributed by atoms with Gasteiger partial charge in [0.2, 0.25) is 11.7 Å². The van der Waals surface area contributed by atoms with Gasteiger partial charge in [-0.15, -0.1) is 10.2 Å². The summed E-state index contributed by atoms with van der Waals surface area (Å²) in [5.74, 6) is 7.45. The van der Waals surface area contributed by atoms with E-state index in [-0.39, 0.29) is 23.1 Å². The van der Waals surface area contributed by atoms with Crippen LogP contribution in [0, 0.1) is 34.5 Å². The van der Waals surface area contributed by atoms with Crippen molar-refractivity contribution in [3.63, 3.8) is 0 Å². The molecule has 1 aliphatic heterocycles. The summed E-state index contributed by atoms with van der Waals surface area (Å²) in [5.41, 5.74) is 4.96. The van der Waals surface area contributed by atoms with Crippen molar-refractivity contribution in [3.8, 4) is 17.9 Å². The van der Waals surface area contributed by atoms with Gasteiger partial charge in [0.25, 0.3) is 0 Å². The van der Waals surface area contributed by atoms with Crippen molar-refractivity contribution in [2.75, 3.05) is 36.5 Å². The van der Waals surface area contributed by atoms with Crippen LogP contribution in [0.5, 0.6) is 0 Å². The molecule has 0 atom stereocenters. The van der Waals surface area contributed by atoms with Gasteiger partial charge in [-0.25, -0.2) is 14.6 Å². The van der Waals surface area contributed by atoms with E-state index in [1.807, 2.05) is 24.3 Å². The number of piperidine rings is 1. The maximum absolute atomic E-state index is 12.4. The Balaban J connectivity index is 1.29. The maximum Gasteiger partial charge on any atom is 0.242 e. The van der Waals surface area contributed by atoms with Gasteiger partial charge >= 0.3 is 0 Å². The molecule has 3 aromatic rings. The van der Waals surface area contributed by atoms with E-state index in [1.54, 1.807) is 6.20 Å². The largest absolute Gasteiger partial charge is 0.352 e. The van der Waals surface area contributed by atoms with E-state index in [4.69, 9.17) is 0 Å². The molecule has 0 radical (unpaired) electrons. The standard InChI is InChI=1S/C28H33N9O/c1-28(2,3)19-36(26-10-13-30-25(17-29)33-26)18-23-8-6-22(7-9-23)5-4-14-35-15-11-24(12-16-35)27(38)34-37-20-31-32-21-37/h6-10,13,20-21,24H,11-12,14-16,18-19H2,1-3H3,(H,34,38). The lowest BCUT2D eigenvalue weighted by Crippen LogP contribution is -2.39. The number of carbonyl (C=O) groups excluding carboxylic acids is 1. The van der Waals surface area contributed by atoms with Gasteiger partial charge in [-0.05, 0) is 55.1 Å². The molecule has 1 N–H and O–H groups in total. The minimum Gasteiger partial charge on any atom is -0.352 e. The summed E-state index contributed by atoms with van der Waals surface area (Å²) in [6.45, 7) is 10.4. The molecule has 0 spiro atoms. The van der Waals surface area contributed by atoms with Crippen LogP contribution in [-0.4, -0.2) is 61.8 Å². The number of nitrogens with zero attached hydrogens (tertiary/aromatic N) is 8. The number of nitriles is 1. The van der Waals surface area contributed by atoms with Gasteiger partial charge in [0, 0.05) is 30.8 Å². The topological polar surface area (TPSA) is 116 Å². The number of rotatable bonds is 7. The zero-order valence-electron chi connectivity index (χ0n) is 22.1. The molecule has 10 nitrogen and oxygen atoms in total. The molecule has 1 aromatic carbocycles. The van der Waals surface area contributed by atoms with Crippen LogP contribution in [0.4, 0.5) is 5.82 Å². The van der Waals surface area contributed by atoms with Crippen molar-refractivity contribution in [3.05, 3.63) is 66.1 Å². The third-order valence-corrected chi connectivity index (χ3v) is 6.21. The van der Waals surface area contributed by atoms with Gasteiger partial charge in [-0.3, -0.25) is 15.1 Å². The van der Waals surface area contributed by atoms with Crippen molar-refractivity contribution < 1.29 is 4.79 Å². The third kappa shape index (κ3) is 7.86. The van der Waals surface area contributed by atoms with Gasteiger partial charge < -0.3 is 4.90 Å². The van der Waals surface area contributed by atoms with Gasteiger partial charge in [0.15, 0.2) is 0 Å². The van der Waals surface area contributed by atoms with E-state index in [0.717, 1.165) is 49.4 Å². The minimum atomic E-state index is -0.0131. The van der Waals surface area contributed by atoms with E-state index in [1.165, 1.54) is 17.3 Å². The first-order chi connectivity index (χ1) is 18.3. The lowest BCUT2D eigenvalue weighted by molar-refractivity contribution is -0.122. The van der Waals surface area contributed by atoms with Crippen LogP contribution in [0.25, 0.3) is 0 Å². The number of benzene rings is 1. The van der Waals surface area contributed by atoms with E-state index >= 15 is 0 Å². The molecule has 1 fully saturated rings. The molecule has 0 unspecified atom stereocenters. The van der Waals surface area contributed by atoms with Crippen LogP contribution < -0.4 is 10.3 Å². The molecule has 3 heterocycles. The Labute approximate surface area is 223 Å². The summed E-state index contributed by atoms with van der Waals surface area (Å²) in [7, 11) is 0. The summed E-state index contributed by atoms with van der Waals surface area (Å²) in [5, 5.41) is 16.6. The summed E-state index contributed by atoms with van der Waals surface area (Å²) in [6, 6.07) is 12.1. The fourth-order valence-electron chi connectivity index (χ4n) is 4.37. The van der Waals surface area contributed by atoms with Crippen LogP contribution in [0.2, 0.25) is 0 Å². The Hall–Kier alpha value is -4.28. The normalized spacial score (nSPS) is 14.3. The second-order valence-electron chi connectivity index (χ2n) is 10.7. The molecule has 1 aliphatic rings. The smallest absolute Gasteiger partial charge is 0.242 e. The third-order valence-electron chi connectivity index (χ3n) is 6.21. The summed E-state index contributed by atoms with van der Waals surface area (Å²) in [4.78, 5) is 25.3. The monoisotopic (exact) mass is 511 g/mol. The number of anilines is 1. The first kappa shape index (κ1) is 26.8. The van der Waals surface area contributed by atoms with Crippen LogP contribution >= 0.6 is 0 Å². The Kier molecular flexibility index (Phi) is 8.67. The van der Waals surface area contributed by atoms with Crippen molar-refractivity contribution in [2.24, 2.45) is 11.3 Å². The summed E-state index contributed by atoms with van der Waals surface area (Å²) >= 11 is 0. The molecular weight excluding hydrogens is 478 g/mol. The Morgan fingerprint density at radius 1 is 1.13 bits per heavy atom. The molecular formula is C28H33N9O. The fourth-order valence-corrected chi connectivity index (χ4v) is 4.37. The number of hydrogen-bond acceptors (Lipinski definition) is 8. The zero-order valence-corrected chi connectivity index (χ0v) is 22.1. The van der Waals surface area contributed by atoms with E-state index in [9.17, 15) is 10.1 Å². The predicted molar refractivity (Wildman–Crippen MR) is 144 cm³/mol. The average molecular weight is 512 g/mol. The Morgan fingerprint density at radius 3 is 2.50 bits per heavy atom. The molecule has 4 rings (SSSR count). The highest BCUT2D eigenvalue weighted by atomic mass is 16.2. The number of likely N-dealkylation sites (tertiary alicyclic amines) is 1. The van der Waals surface area contributed by atoms with E-state index < -0.39 is 0 Å². The van der Waals surface area contributed by atoms with Crippen LogP contribution in [-0.2, 0) is 11.3 Å². The molecule has 196 valence electrons. The predicted octanol–water partition coefficient (Wildman–Crippen LogP) is 2.83. The van der Waals surface area contributed by atoms with Crippen LogP contribution in [0.3, 0.4) is 0 Å². The van der Waals surface area contributed by atoms with Crippen molar-refractivity contribution in [2.45, 2.75) is 40.2 Å². The van der Waals surface area contributed by atoms with Crippen molar-refractivity contribution in [1.82, 2.24) is 29.7 Å². The number of aromatic nitrogens is 5. The Bertz CT molecular complexity index is 1300. The maximum atomic E-state index is 12.4. The number of hydrogen-bond donors (Lipinski definition) is 1. The lowest BCUT2D eigenvalue weighted by atomic mass is 9.95. The van der Waals surface area contributed by atoms with Crippen molar-refractivity contribution >= 4 is 11.7 Å². The number of nitrogens with one attached hydrogen (secondary N) is 1. The van der Waals surface area contributed by atoms with Gasteiger partial charge in [-0.2, -0.15) is 5.26 Å². The molecule has 10 heteroatoms. The van der Waals surface area contributed by atoms with Crippen molar-refractivity contribution in [1.29, 1.82) is 5.26 Å². The summed E-state index contributed by atoms with van der Waals surface area (Å²) < 4.78 is 1.48. The van der Waals surface area contributed by atoms with Gasteiger partial charge in [0.05, 0.1) is 6.54 Å². The lowest BCUT2D eigenvalue weighted by Gasteiger charge is -2.31. The molecule has 0 saturated carbocycles. The summed E-state index contributed by atoms with van der Waals surface area (Å²) in [6.07, 6.45) is 6.18. The highest BCUT2D eigenvalue weighted by molar-refractivity contribution is 5.86. The number of amides is 1. The molecule has 38 heavy (non-hydrogen) atoms. The Morgan fingerprint density at radius 2 is 1.84 bits per heavy atom. The van der Waals surface area contributed by atoms with Gasteiger partial charge in [0.1, 0.15) is 24.5 Å². The highest BCUT2D eigenvalue weighted by Crippen LogP contribution is 2.22. The van der Waals surface area contributed by atoms with Crippen LogP contribution in [0.15, 0.2) is 49.2 Å². The van der Waals surface area contributed by atoms with Gasteiger partial charge in [-0.1, -0.05) is 44.7 Å². The second kappa shape index (κ2) is 12.3. The molecule has 0 bridgehead atoms. The average Bonchev–Trinajstić information content (AvgIpc) is 3.42. The SMILES string of the molecule is CC(C)(C)CN(Cc1ccc(C#CCN2CCC(C(=O)Nn3cnnc3)CC2)cc1)c1ccnc(C#N)n1. The molecule has 2 aromatic heterocycles. The zero-order chi connectivity index (χ0) is 27.0. The fraction of sp³-hybridized carbons (Fsp3) is 0.429. The quantitative estimate of drug-likeness (QED) is 0.482. The van der Waals surface area contributed by atoms with E-state index in [2.05, 4.69) is 80.1 Å².